The first-order valence-electron chi connectivity index (χ1n) is 8.30. The molecule has 26 heavy (non-hydrogen) atoms. The fourth-order valence-electron chi connectivity index (χ4n) is 3.30. The molecule has 2 aromatic heterocycles. The maximum atomic E-state index is 14.1. The third-order valence-electron chi connectivity index (χ3n) is 4.72. The standard InChI is InChI=1S/C19H17FN4O2/c1-23-10-13-11-24(7-6-12(13)8-17(23)25)19(26)15-9-21-22-18(15)14-4-2-3-5-16(14)20/h2-5,8-10H,6-7,11H2,1H3,(H,21,22). The van der Waals surface area contributed by atoms with Crippen LogP contribution in [-0.2, 0) is 20.0 Å². The van der Waals surface area contributed by atoms with Gasteiger partial charge in [0.25, 0.3) is 11.5 Å². The van der Waals surface area contributed by atoms with Gasteiger partial charge in [-0.1, -0.05) is 12.1 Å². The highest BCUT2D eigenvalue weighted by Gasteiger charge is 2.26. The molecule has 4 rings (SSSR count). The molecular formula is C19H17FN4O2. The maximum absolute atomic E-state index is 14.1. The third-order valence-corrected chi connectivity index (χ3v) is 4.72. The molecule has 0 atom stereocenters. The fraction of sp³-hybridized carbons (Fsp3) is 0.211. The highest BCUT2D eigenvalue weighted by Crippen LogP contribution is 2.26. The molecule has 3 aromatic rings. The molecule has 1 aliphatic rings. The molecule has 0 fully saturated rings. The molecule has 0 aliphatic carbocycles. The number of aromatic nitrogens is 3. The largest absolute Gasteiger partial charge is 0.334 e. The number of nitrogens with one attached hydrogen (secondary N) is 1. The van der Waals surface area contributed by atoms with Gasteiger partial charge in [-0.25, -0.2) is 4.39 Å². The van der Waals surface area contributed by atoms with Crippen molar-refractivity contribution in [2.75, 3.05) is 6.54 Å². The second kappa shape index (κ2) is 6.25. The number of hydrogen-bond acceptors (Lipinski definition) is 3. The van der Waals surface area contributed by atoms with Crippen LogP contribution in [0.5, 0.6) is 0 Å². The molecule has 0 unspecified atom stereocenters. The van der Waals surface area contributed by atoms with E-state index in [1.54, 1.807) is 42.4 Å². The summed E-state index contributed by atoms with van der Waals surface area (Å²) in [5, 5.41) is 6.68. The van der Waals surface area contributed by atoms with Crippen LogP contribution in [0.4, 0.5) is 4.39 Å². The van der Waals surface area contributed by atoms with Crippen molar-refractivity contribution < 1.29 is 9.18 Å². The Labute approximate surface area is 148 Å². The summed E-state index contributed by atoms with van der Waals surface area (Å²) in [6.45, 7) is 0.908. The Hall–Kier alpha value is -3.22. The summed E-state index contributed by atoms with van der Waals surface area (Å²) >= 11 is 0. The smallest absolute Gasteiger partial charge is 0.258 e. The molecule has 6 nitrogen and oxygen atoms in total. The number of nitrogens with zero attached hydrogens (tertiary/aromatic N) is 3. The Morgan fingerprint density at radius 1 is 1.27 bits per heavy atom. The molecule has 0 bridgehead atoms. The van der Waals surface area contributed by atoms with Crippen LogP contribution in [0, 0.1) is 5.82 Å². The molecule has 1 amide bonds. The quantitative estimate of drug-likeness (QED) is 0.768. The first-order chi connectivity index (χ1) is 12.5. The minimum absolute atomic E-state index is 0.0554. The third kappa shape index (κ3) is 2.71. The van der Waals surface area contributed by atoms with Crippen molar-refractivity contribution in [3.63, 3.8) is 0 Å². The van der Waals surface area contributed by atoms with E-state index in [0.717, 1.165) is 11.1 Å². The summed E-state index contributed by atoms with van der Waals surface area (Å²) in [6.07, 6.45) is 3.81. The molecule has 0 radical (unpaired) electrons. The zero-order valence-electron chi connectivity index (χ0n) is 14.2. The number of halogens is 1. The Kier molecular flexibility index (Phi) is 3.91. The number of aromatic amines is 1. The molecular weight excluding hydrogens is 335 g/mol. The molecule has 0 saturated carbocycles. The first kappa shape index (κ1) is 16.3. The number of H-pyrrole nitrogens is 1. The van der Waals surface area contributed by atoms with E-state index in [0.29, 0.717) is 36.3 Å². The highest BCUT2D eigenvalue weighted by atomic mass is 19.1. The second-order valence-corrected chi connectivity index (χ2v) is 6.39. The number of fused-ring (bicyclic) bond motifs is 1. The topological polar surface area (TPSA) is 71.0 Å². The van der Waals surface area contributed by atoms with E-state index in [1.807, 2.05) is 0 Å². The number of rotatable bonds is 2. The summed E-state index contributed by atoms with van der Waals surface area (Å²) < 4.78 is 15.6. The van der Waals surface area contributed by atoms with Gasteiger partial charge in [0.2, 0.25) is 0 Å². The van der Waals surface area contributed by atoms with Crippen LogP contribution in [0.1, 0.15) is 21.5 Å². The van der Waals surface area contributed by atoms with Crippen molar-refractivity contribution in [3.8, 4) is 11.3 Å². The Morgan fingerprint density at radius 3 is 2.88 bits per heavy atom. The Balaban J connectivity index is 1.66. The molecule has 1 aliphatic heterocycles. The molecule has 1 aromatic carbocycles. The van der Waals surface area contributed by atoms with Gasteiger partial charge in [-0.05, 0) is 29.7 Å². The van der Waals surface area contributed by atoms with Crippen LogP contribution in [0.25, 0.3) is 11.3 Å². The first-order valence-corrected chi connectivity index (χ1v) is 8.30. The molecule has 132 valence electrons. The van der Waals surface area contributed by atoms with Crippen molar-refractivity contribution in [1.29, 1.82) is 0 Å². The predicted molar refractivity (Wildman–Crippen MR) is 94.1 cm³/mol. The number of pyridine rings is 1. The lowest BCUT2D eigenvalue weighted by molar-refractivity contribution is 0.0735. The van der Waals surface area contributed by atoms with Gasteiger partial charge in [0, 0.05) is 38.0 Å². The monoisotopic (exact) mass is 352 g/mol. The Morgan fingerprint density at radius 2 is 2.08 bits per heavy atom. The summed E-state index contributed by atoms with van der Waals surface area (Å²) in [7, 11) is 1.69. The van der Waals surface area contributed by atoms with E-state index in [2.05, 4.69) is 10.2 Å². The van der Waals surface area contributed by atoms with Crippen LogP contribution in [0.15, 0.2) is 47.5 Å². The summed E-state index contributed by atoms with van der Waals surface area (Å²) in [5.74, 6) is -0.624. The number of benzene rings is 1. The summed E-state index contributed by atoms with van der Waals surface area (Å²) in [5.41, 5.74) is 2.89. The SMILES string of the molecule is Cn1cc2c(cc1=O)CCN(C(=O)c1cn[nH]c1-c1ccccc1F)C2. The van der Waals surface area contributed by atoms with Crippen LogP contribution < -0.4 is 5.56 Å². The number of aryl methyl sites for hydroxylation is 1. The van der Waals surface area contributed by atoms with Crippen molar-refractivity contribution in [3.05, 3.63) is 75.6 Å². The molecule has 0 spiro atoms. The van der Waals surface area contributed by atoms with Gasteiger partial charge in [0.15, 0.2) is 0 Å². The average Bonchev–Trinajstić information content (AvgIpc) is 3.11. The number of carbonyl (C=O) groups excluding carboxylic acids is 1. The van der Waals surface area contributed by atoms with Gasteiger partial charge >= 0.3 is 0 Å². The lowest BCUT2D eigenvalue weighted by Crippen LogP contribution is -2.37. The van der Waals surface area contributed by atoms with Crippen LogP contribution in [0.2, 0.25) is 0 Å². The minimum Gasteiger partial charge on any atom is -0.334 e. The second-order valence-electron chi connectivity index (χ2n) is 6.39. The lowest BCUT2D eigenvalue weighted by Gasteiger charge is -2.29. The van der Waals surface area contributed by atoms with Gasteiger partial charge in [-0.3, -0.25) is 14.7 Å². The van der Waals surface area contributed by atoms with E-state index >= 15 is 0 Å². The minimum atomic E-state index is -0.412. The lowest BCUT2D eigenvalue weighted by atomic mass is 10.0. The van der Waals surface area contributed by atoms with Crippen LogP contribution in [0.3, 0.4) is 0 Å². The van der Waals surface area contributed by atoms with Crippen molar-refractivity contribution in [2.45, 2.75) is 13.0 Å². The summed E-state index contributed by atoms with van der Waals surface area (Å²) in [4.78, 5) is 26.5. The van der Waals surface area contributed by atoms with Gasteiger partial charge in [0.05, 0.1) is 17.5 Å². The molecule has 3 heterocycles. The average molecular weight is 352 g/mol. The van der Waals surface area contributed by atoms with Gasteiger partial charge in [0.1, 0.15) is 5.82 Å². The van der Waals surface area contributed by atoms with Gasteiger partial charge in [-0.2, -0.15) is 5.10 Å². The van der Waals surface area contributed by atoms with Crippen LogP contribution >= 0.6 is 0 Å². The molecule has 1 N–H and O–H groups in total. The zero-order chi connectivity index (χ0) is 18.3. The Bertz CT molecular complexity index is 1050. The zero-order valence-corrected chi connectivity index (χ0v) is 14.2. The van der Waals surface area contributed by atoms with E-state index in [9.17, 15) is 14.0 Å². The van der Waals surface area contributed by atoms with E-state index in [4.69, 9.17) is 0 Å². The molecule has 7 heteroatoms. The fourth-order valence-corrected chi connectivity index (χ4v) is 3.30. The van der Waals surface area contributed by atoms with Crippen molar-refractivity contribution in [2.24, 2.45) is 7.05 Å². The van der Waals surface area contributed by atoms with Crippen molar-refractivity contribution >= 4 is 5.91 Å². The van der Waals surface area contributed by atoms with Gasteiger partial charge in [-0.15, -0.1) is 0 Å². The van der Waals surface area contributed by atoms with E-state index < -0.39 is 5.82 Å². The van der Waals surface area contributed by atoms with Gasteiger partial charge < -0.3 is 9.47 Å². The normalized spacial score (nSPS) is 13.5. The number of carbonyl (C=O) groups is 1. The highest BCUT2D eigenvalue weighted by molar-refractivity contribution is 5.99. The molecule has 0 saturated heterocycles. The predicted octanol–water partition coefficient (Wildman–Crippen LogP) is 2.11. The number of hydrogen-bond donors (Lipinski definition) is 1. The van der Waals surface area contributed by atoms with E-state index in [1.165, 1.54) is 16.8 Å². The van der Waals surface area contributed by atoms with E-state index in [-0.39, 0.29) is 11.5 Å². The van der Waals surface area contributed by atoms with Crippen LogP contribution in [-0.4, -0.2) is 32.1 Å². The number of amides is 1. The summed E-state index contributed by atoms with van der Waals surface area (Å²) in [6, 6.07) is 7.90. The van der Waals surface area contributed by atoms with Crippen molar-refractivity contribution in [1.82, 2.24) is 19.7 Å². The maximum Gasteiger partial charge on any atom is 0.258 e.